The molecule has 3 aromatic rings. The summed E-state index contributed by atoms with van der Waals surface area (Å²) in [5, 5.41) is 6.86. The first kappa shape index (κ1) is 26.8. The Morgan fingerprint density at radius 1 is 0.973 bits per heavy atom. The van der Waals surface area contributed by atoms with Gasteiger partial charge in [0.1, 0.15) is 19.0 Å². The van der Waals surface area contributed by atoms with Gasteiger partial charge in [-0.2, -0.15) is 0 Å². The molecular formula is C30H35ClN2O4. The lowest BCUT2D eigenvalue weighted by Gasteiger charge is -2.19. The van der Waals surface area contributed by atoms with Crippen LogP contribution in [0.3, 0.4) is 0 Å². The quantitative estimate of drug-likeness (QED) is 0.298. The van der Waals surface area contributed by atoms with Gasteiger partial charge in [-0.15, -0.1) is 0 Å². The Morgan fingerprint density at radius 3 is 2.41 bits per heavy atom. The van der Waals surface area contributed by atoms with E-state index in [0.717, 1.165) is 51.5 Å². The molecule has 2 N–H and O–H groups in total. The van der Waals surface area contributed by atoms with Crippen LogP contribution >= 0.6 is 11.6 Å². The number of nitrogens with one attached hydrogen (secondary N) is 2. The van der Waals surface area contributed by atoms with Crippen LogP contribution in [0, 0.1) is 5.92 Å². The maximum absolute atomic E-state index is 11.1. The second-order valence-electron chi connectivity index (χ2n) is 9.54. The highest BCUT2D eigenvalue weighted by molar-refractivity contribution is 6.36. The number of rotatable bonds is 11. The Bertz CT molecular complexity index is 1230. The van der Waals surface area contributed by atoms with Crippen molar-refractivity contribution in [1.29, 1.82) is 0 Å². The van der Waals surface area contributed by atoms with Gasteiger partial charge in [-0.05, 0) is 41.7 Å². The van der Waals surface area contributed by atoms with Gasteiger partial charge in [-0.25, -0.2) is 0 Å². The van der Waals surface area contributed by atoms with Crippen LogP contribution < -0.4 is 24.8 Å². The van der Waals surface area contributed by atoms with Gasteiger partial charge in [0.2, 0.25) is 5.91 Å². The fourth-order valence-electron chi connectivity index (χ4n) is 4.15. The average molecular weight is 523 g/mol. The maximum atomic E-state index is 11.1. The van der Waals surface area contributed by atoms with Crippen LogP contribution in [0.2, 0.25) is 5.02 Å². The van der Waals surface area contributed by atoms with Gasteiger partial charge in [-0.1, -0.05) is 61.8 Å². The predicted octanol–water partition coefficient (Wildman–Crippen LogP) is 6.10. The molecule has 0 fully saturated rings. The number of hydrogen-bond acceptors (Lipinski definition) is 5. The number of benzene rings is 3. The highest BCUT2D eigenvalue weighted by Gasteiger charge is 2.16. The minimum absolute atomic E-state index is 0.0285. The van der Waals surface area contributed by atoms with Gasteiger partial charge < -0.3 is 24.8 Å². The van der Waals surface area contributed by atoms with Crippen LogP contribution in [0.5, 0.6) is 17.2 Å². The zero-order chi connectivity index (χ0) is 26.2. The Morgan fingerprint density at radius 2 is 1.68 bits per heavy atom. The number of carbonyl (C=O) groups is 1. The van der Waals surface area contributed by atoms with E-state index in [1.165, 1.54) is 6.92 Å². The fourth-order valence-corrected chi connectivity index (χ4v) is 4.49. The lowest BCUT2D eigenvalue weighted by molar-refractivity contribution is -0.118. The highest BCUT2D eigenvalue weighted by atomic mass is 35.5. The van der Waals surface area contributed by atoms with Crippen LogP contribution in [0.4, 0.5) is 0 Å². The van der Waals surface area contributed by atoms with E-state index >= 15 is 0 Å². The molecule has 6 nitrogen and oxygen atoms in total. The van der Waals surface area contributed by atoms with Crippen molar-refractivity contribution in [3.05, 3.63) is 65.2 Å². The summed E-state index contributed by atoms with van der Waals surface area (Å²) in [6.07, 6.45) is 0.972. The molecule has 4 rings (SSSR count). The SMILES string of the molecule is CC(=O)NCCNCc1ccc(-c2cccc(-c3ccc4c(c3)OCCO4)c2Cl)cc1OCCC(C)C. The first-order chi connectivity index (χ1) is 17.9. The molecule has 0 saturated heterocycles. The number of carbonyl (C=O) groups excluding carboxylic acids is 1. The predicted molar refractivity (Wildman–Crippen MR) is 149 cm³/mol. The summed E-state index contributed by atoms with van der Waals surface area (Å²) < 4.78 is 17.7. The summed E-state index contributed by atoms with van der Waals surface area (Å²) in [5.74, 6) is 2.86. The van der Waals surface area contributed by atoms with Crippen molar-refractivity contribution in [2.75, 3.05) is 32.9 Å². The Labute approximate surface area is 224 Å². The first-order valence-corrected chi connectivity index (χ1v) is 13.2. The fraction of sp³-hybridized carbons (Fsp3) is 0.367. The van der Waals surface area contributed by atoms with Crippen LogP contribution in [0.25, 0.3) is 22.3 Å². The molecule has 0 atom stereocenters. The van der Waals surface area contributed by atoms with Crippen molar-refractivity contribution in [3.63, 3.8) is 0 Å². The van der Waals surface area contributed by atoms with Gasteiger partial charge >= 0.3 is 0 Å². The smallest absolute Gasteiger partial charge is 0.216 e. The third kappa shape index (κ3) is 7.18. The molecule has 1 amide bonds. The molecular weight excluding hydrogens is 488 g/mol. The van der Waals surface area contributed by atoms with Gasteiger partial charge in [0.05, 0.1) is 11.6 Å². The Balaban J connectivity index is 1.58. The van der Waals surface area contributed by atoms with Crippen molar-refractivity contribution in [3.8, 4) is 39.5 Å². The molecule has 0 saturated carbocycles. The largest absolute Gasteiger partial charge is 0.493 e. The first-order valence-electron chi connectivity index (χ1n) is 12.8. The number of ether oxygens (including phenoxy) is 3. The minimum Gasteiger partial charge on any atom is -0.493 e. The van der Waals surface area contributed by atoms with E-state index in [1.54, 1.807) is 0 Å². The lowest BCUT2D eigenvalue weighted by Crippen LogP contribution is -2.30. The van der Waals surface area contributed by atoms with E-state index in [2.05, 4.69) is 42.7 Å². The third-order valence-corrected chi connectivity index (χ3v) is 6.58. The number of amides is 1. The molecule has 0 spiro atoms. The van der Waals surface area contributed by atoms with Gasteiger partial charge in [-0.3, -0.25) is 4.79 Å². The Kier molecular flexibility index (Phi) is 9.31. The number of fused-ring (bicyclic) bond motifs is 1. The molecule has 196 valence electrons. The van der Waals surface area contributed by atoms with Crippen LogP contribution in [-0.4, -0.2) is 38.8 Å². The van der Waals surface area contributed by atoms with E-state index in [9.17, 15) is 4.79 Å². The summed E-state index contributed by atoms with van der Waals surface area (Å²) >= 11 is 6.98. The zero-order valence-electron chi connectivity index (χ0n) is 21.7. The second kappa shape index (κ2) is 12.8. The lowest BCUT2D eigenvalue weighted by atomic mass is 9.97. The summed E-state index contributed by atoms with van der Waals surface area (Å²) in [4.78, 5) is 11.1. The molecule has 0 radical (unpaired) electrons. The maximum Gasteiger partial charge on any atom is 0.216 e. The molecule has 1 aliphatic rings. The Hall–Kier alpha value is -3.22. The molecule has 1 heterocycles. The molecule has 0 unspecified atom stereocenters. The normalized spacial score (nSPS) is 12.5. The van der Waals surface area contributed by atoms with Crippen molar-refractivity contribution >= 4 is 17.5 Å². The van der Waals surface area contributed by atoms with Crippen molar-refractivity contribution in [2.24, 2.45) is 5.92 Å². The topological polar surface area (TPSA) is 68.8 Å². The summed E-state index contributed by atoms with van der Waals surface area (Å²) in [6, 6.07) is 18.2. The molecule has 3 aromatic carbocycles. The minimum atomic E-state index is -0.0285. The molecule has 0 aromatic heterocycles. The summed E-state index contributed by atoms with van der Waals surface area (Å²) in [5.41, 5.74) is 4.90. The van der Waals surface area contributed by atoms with E-state index in [4.69, 9.17) is 25.8 Å². The van der Waals surface area contributed by atoms with Gasteiger partial charge in [0, 0.05) is 43.2 Å². The van der Waals surface area contributed by atoms with E-state index < -0.39 is 0 Å². The summed E-state index contributed by atoms with van der Waals surface area (Å²) in [7, 11) is 0. The average Bonchev–Trinajstić information content (AvgIpc) is 2.88. The zero-order valence-corrected chi connectivity index (χ0v) is 22.5. The molecule has 1 aliphatic heterocycles. The second-order valence-corrected chi connectivity index (χ2v) is 9.92. The van der Waals surface area contributed by atoms with Crippen molar-refractivity contribution in [1.82, 2.24) is 10.6 Å². The highest BCUT2D eigenvalue weighted by Crippen LogP contribution is 2.41. The molecule has 0 bridgehead atoms. The van der Waals surface area contributed by atoms with Crippen molar-refractivity contribution in [2.45, 2.75) is 33.7 Å². The standard InChI is InChI=1S/C30H35ClN2O4/c1-20(2)11-14-35-28-17-22(7-8-24(28)19-32-12-13-33-21(3)34)25-5-4-6-26(30(25)31)23-9-10-27-29(18-23)37-16-15-36-27/h4-10,17-18,20,32H,11-16,19H2,1-3H3,(H,33,34). The van der Waals surface area contributed by atoms with Gasteiger partial charge in [0.15, 0.2) is 11.5 Å². The van der Waals surface area contributed by atoms with Crippen LogP contribution in [0.1, 0.15) is 32.8 Å². The molecule has 37 heavy (non-hydrogen) atoms. The van der Waals surface area contributed by atoms with E-state index in [0.29, 0.717) is 50.4 Å². The molecule has 7 heteroatoms. The van der Waals surface area contributed by atoms with Gasteiger partial charge in [0.25, 0.3) is 0 Å². The third-order valence-electron chi connectivity index (χ3n) is 6.17. The van der Waals surface area contributed by atoms with E-state index in [-0.39, 0.29) is 5.91 Å². The number of hydrogen-bond donors (Lipinski definition) is 2. The summed E-state index contributed by atoms with van der Waals surface area (Å²) in [6.45, 7) is 9.54. The van der Waals surface area contributed by atoms with E-state index in [1.807, 2.05) is 36.4 Å². The van der Waals surface area contributed by atoms with Crippen LogP contribution in [0.15, 0.2) is 54.6 Å². The van der Waals surface area contributed by atoms with Crippen molar-refractivity contribution < 1.29 is 19.0 Å². The molecule has 0 aliphatic carbocycles. The monoisotopic (exact) mass is 522 g/mol. The van der Waals surface area contributed by atoms with Crippen LogP contribution in [-0.2, 0) is 11.3 Å². The number of halogens is 1.